The van der Waals surface area contributed by atoms with Crippen molar-refractivity contribution in [2.45, 2.75) is 39.4 Å². The van der Waals surface area contributed by atoms with Crippen molar-refractivity contribution in [3.63, 3.8) is 0 Å². The summed E-state index contributed by atoms with van der Waals surface area (Å²) in [6.45, 7) is 5.41. The number of hydrogen-bond donors (Lipinski definition) is 3. The lowest BCUT2D eigenvalue weighted by molar-refractivity contribution is 0.458. The van der Waals surface area contributed by atoms with Crippen LogP contribution in [0.3, 0.4) is 0 Å². The van der Waals surface area contributed by atoms with Crippen LogP contribution in [0.25, 0.3) is 0 Å². The van der Waals surface area contributed by atoms with Crippen molar-refractivity contribution in [1.29, 1.82) is 0 Å². The minimum atomic E-state index is -0.355. The van der Waals surface area contributed by atoms with E-state index in [4.69, 9.17) is 11.5 Å². The van der Waals surface area contributed by atoms with E-state index >= 15 is 0 Å². The van der Waals surface area contributed by atoms with Gasteiger partial charge < -0.3 is 11.5 Å². The molecule has 0 aromatic rings. The smallest absolute Gasteiger partial charge is 0.106 e. The molecular formula is C8H21N3. The molecule has 5 N–H and O–H groups in total. The highest BCUT2D eigenvalue weighted by molar-refractivity contribution is 4.54. The monoisotopic (exact) mass is 159 g/mol. The summed E-state index contributed by atoms with van der Waals surface area (Å²) in [5.74, 6) is 0.825. The first-order valence-corrected chi connectivity index (χ1v) is 4.41. The van der Waals surface area contributed by atoms with Gasteiger partial charge in [-0.2, -0.15) is 0 Å². The molecule has 0 aliphatic carbocycles. The van der Waals surface area contributed by atoms with E-state index in [1.165, 1.54) is 19.3 Å². The Bertz CT molecular complexity index is 83.4. The molecule has 0 saturated heterocycles. The molecule has 68 valence electrons. The van der Waals surface area contributed by atoms with Gasteiger partial charge in [0.2, 0.25) is 0 Å². The van der Waals surface area contributed by atoms with E-state index in [0.717, 1.165) is 12.5 Å². The third-order valence-electron chi connectivity index (χ3n) is 1.95. The molecule has 0 spiro atoms. The summed E-state index contributed by atoms with van der Waals surface area (Å²) in [4.78, 5) is 0. The molecule has 0 aromatic heterocycles. The van der Waals surface area contributed by atoms with Crippen molar-refractivity contribution >= 4 is 0 Å². The van der Waals surface area contributed by atoms with Crippen LogP contribution in [0.2, 0.25) is 0 Å². The molecule has 11 heavy (non-hydrogen) atoms. The second-order valence-electron chi connectivity index (χ2n) is 3.14. The van der Waals surface area contributed by atoms with Crippen LogP contribution in [-0.2, 0) is 0 Å². The second kappa shape index (κ2) is 6.58. The molecule has 0 amide bonds. The SMILES string of the molecule is CCC(C)CCCNC(N)N. The summed E-state index contributed by atoms with van der Waals surface area (Å²) >= 11 is 0. The van der Waals surface area contributed by atoms with Gasteiger partial charge >= 0.3 is 0 Å². The molecule has 0 aromatic carbocycles. The van der Waals surface area contributed by atoms with Crippen LogP contribution in [0.4, 0.5) is 0 Å². The molecule has 0 saturated carbocycles. The van der Waals surface area contributed by atoms with Crippen molar-refractivity contribution < 1.29 is 0 Å². The van der Waals surface area contributed by atoms with E-state index in [9.17, 15) is 0 Å². The summed E-state index contributed by atoms with van der Waals surface area (Å²) in [5.41, 5.74) is 10.6. The fraction of sp³-hybridized carbons (Fsp3) is 1.00. The Morgan fingerprint density at radius 3 is 2.45 bits per heavy atom. The maximum Gasteiger partial charge on any atom is 0.106 e. The molecule has 1 atom stereocenters. The lowest BCUT2D eigenvalue weighted by Crippen LogP contribution is -2.45. The van der Waals surface area contributed by atoms with Gasteiger partial charge in [-0.05, 0) is 25.3 Å². The normalized spacial score (nSPS) is 13.9. The van der Waals surface area contributed by atoms with Crippen molar-refractivity contribution in [2.75, 3.05) is 6.54 Å². The zero-order valence-corrected chi connectivity index (χ0v) is 7.64. The maximum atomic E-state index is 5.31. The van der Waals surface area contributed by atoms with Gasteiger partial charge in [-0.25, -0.2) is 0 Å². The predicted octanol–water partition coefficient (Wildman–Crippen LogP) is 0.603. The minimum absolute atomic E-state index is 0.355. The number of hydrogen-bond acceptors (Lipinski definition) is 3. The molecule has 0 aliphatic heterocycles. The van der Waals surface area contributed by atoms with E-state index in [-0.39, 0.29) is 6.29 Å². The first kappa shape index (κ1) is 10.9. The average Bonchev–Trinajstić information content (AvgIpc) is 1.97. The summed E-state index contributed by atoms with van der Waals surface area (Å²) in [7, 11) is 0. The van der Waals surface area contributed by atoms with E-state index in [2.05, 4.69) is 19.2 Å². The first-order valence-electron chi connectivity index (χ1n) is 4.41. The molecule has 0 heterocycles. The molecule has 3 nitrogen and oxygen atoms in total. The standard InChI is InChI=1S/C8H21N3/c1-3-7(2)5-4-6-11-8(9)10/h7-8,11H,3-6,9-10H2,1-2H3. The molecule has 1 unspecified atom stereocenters. The number of nitrogens with one attached hydrogen (secondary N) is 1. The molecule has 3 heteroatoms. The van der Waals surface area contributed by atoms with Gasteiger partial charge in [-0.3, -0.25) is 5.32 Å². The topological polar surface area (TPSA) is 64.1 Å². The van der Waals surface area contributed by atoms with Gasteiger partial charge in [-0.1, -0.05) is 20.3 Å². The van der Waals surface area contributed by atoms with Gasteiger partial charge in [-0.15, -0.1) is 0 Å². The summed E-state index contributed by atoms with van der Waals surface area (Å²) in [6, 6.07) is 0. The van der Waals surface area contributed by atoms with Gasteiger partial charge in [0.15, 0.2) is 0 Å². The van der Waals surface area contributed by atoms with Gasteiger partial charge in [0.05, 0.1) is 0 Å². The van der Waals surface area contributed by atoms with E-state index in [1.54, 1.807) is 0 Å². The van der Waals surface area contributed by atoms with Crippen LogP contribution in [-0.4, -0.2) is 12.8 Å². The number of rotatable bonds is 6. The van der Waals surface area contributed by atoms with Crippen molar-refractivity contribution in [3.05, 3.63) is 0 Å². The highest BCUT2D eigenvalue weighted by Crippen LogP contribution is 2.07. The Balaban J connectivity index is 3.01. The average molecular weight is 159 g/mol. The van der Waals surface area contributed by atoms with Crippen LogP contribution in [0.15, 0.2) is 0 Å². The molecular weight excluding hydrogens is 138 g/mol. The minimum Gasteiger partial charge on any atom is -0.304 e. The molecule has 0 rings (SSSR count). The molecule has 0 fully saturated rings. The van der Waals surface area contributed by atoms with Gasteiger partial charge in [0, 0.05) is 0 Å². The van der Waals surface area contributed by atoms with Crippen LogP contribution < -0.4 is 16.8 Å². The predicted molar refractivity (Wildman–Crippen MR) is 48.9 cm³/mol. The van der Waals surface area contributed by atoms with Crippen LogP contribution in [0.5, 0.6) is 0 Å². The van der Waals surface area contributed by atoms with Gasteiger partial charge in [0.1, 0.15) is 6.29 Å². The Morgan fingerprint density at radius 2 is 2.00 bits per heavy atom. The largest absolute Gasteiger partial charge is 0.304 e. The van der Waals surface area contributed by atoms with Crippen LogP contribution in [0, 0.1) is 5.92 Å². The van der Waals surface area contributed by atoms with Crippen LogP contribution in [0.1, 0.15) is 33.1 Å². The van der Waals surface area contributed by atoms with Gasteiger partial charge in [0.25, 0.3) is 0 Å². The first-order chi connectivity index (χ1) is 5.16. The van der Waals surface area contributed by atoms with Crippen molar-refractivity contribution in [1.82, 2.24) is 5.32 Å². The summed E-state index contributed by atoms with van der Waals surface area (Å²) in [5, 5.41) is 2.98. The fourth-order valence-electron chi connectivity index (χ4n) is 0.923. The van der Waals surface area contributed by atoms with Crippen LogP contribution >= 0.6 is 0 Å². The quantitative estimate of drug-likeness (QED) is 0.393. The highest BCUT2D eigenvalue weighted by Gasteiger charge is 1.98. The van der Waals surface area contributed by atoms with E-state index in [0.29, 0.717) is 0 Å². The Morgan fingerprint density at radius 1 is 1.36 bits per heavy atom. The third-order valence-corrected chi connectivity index (χ3v) is 1.95. The van der Waals surface area contributed by atoms with E-state index in [1.807, 2.05) is 0 Å². The zero-order chi connectivity index (χ0) is 8.69. The lowest BCUT2D eigenvalue weighted by Gasteiger charge is -2.10. The number of nitrogens with two attached hydrogens (primary N) is 2. The fourth-order valence-corrected chi connectivity index (χ4v) is 0.923. The Labute approximate surface area is 69.5 Å². The molecule has 0 radical (unpaired) electrons. The third kappa shape index (κ3) is 7.78. The summed E-state index contributed by atoms with van der Waals surface area (Å²) < 4.78 is 0. The zero-order valence-electron chi connectivity index (χ0n) is 7.64. The second-order valence-corrected chi connectivity index (χ2v) is 3.14. The van der Waals surface area contributed by atoms with Crippen molar-refractivity contribution in [2.24, 2.45) is 17.4 Å². The maximum absolute atomic E-state index is 5.31. The Hall–Kier alpha value is -0.120. The molecule has 0 bridgehead atoms. The van der Waals surface area contributed by atoms with Crippen molar-refractivity contribution in [3.8, 4) is 0 Å². The van der Waals surface area contributed by atoms with E-state index < -0.39 is 0 Å². The highest BCUT2D eigenvalue weighted by atomic mass is 15.1. The summed E-state index contributed by atoms with van der Waals surface area (Å²) in [6.07, 6.45) is 3.33. The molecule has 0 aliphatic rings. The lowest BCUT2D eigenvalue weighted by atomic mass is 10.0. The Kier molecular flexibility index (Phi) is 6.51.